The normalized spacial score (nSPS) is 25.8. The molecular formula is C24H31N4O3+. The highest BCUT2D eigenvalue weighted by molar-refractivity contribution is 5.94. The van der Waals surface area contributed by atoms with Crippen molar-refractivity contribution in [2.75, 3.05) is 25.0 Å². The second kappa shape index (κ2) is 9.94. The summed E-state index contributed by atoms with van der Waals surface area (Å²) >= 11 is 0. The second-order valence-electron chi connectivity index (χ2n) is 8.55. The minimum atomic E-state index is -0.686. The van der Waals surface area contributed by atoms with Crippen molar-refractivity contribution in [3.8, 4) is 0 Å². The van der Waals surface area contributed by atoms with Gasteiger partial charge in [-0.3, -0.25) is 4.79 Å². The molecule has 0 unspecified atom stereocenters. The smallest absolute Gasteiger partial charge is 0.322 e. The lowest BCUT2D eigenvalue weighted by atomic mass is 10.0. The minimum absolute atomic E-state index is 0.115. The third-order valence-electron chi connectivity index (χ3n) is 6.20. The number of rotatable bonds is 5. The molecule has 0 spiro atoms. The Balaban J connectivity index is 1.28. The van der Waals surface area contributed by atoms with Gasteiger partial charge in [-0.2, -0.15) is 0 Å². The highest BCUT2D eigenvalue weighted by atomic mass is 16.3. The molecule has 0 saturated carbocycles. The molecule has 0 aromatic heterocycles. The molecule has 31 heavy (non-hydrogen) atoms. The number of piperidine rings is 1. The van der Waals surface area contributed by atoms with E-state index in [0.29, 0.717) is 5.69 Å². The number of aliphatic hydroxyl groups is 1. The van der Waals surface area contributed by atoms with Gasteiger partial charge in [0, 0.05) is 43.1 Å². The van der Waals surface area contributed by atoms with E-state index in [9.17, 15) is 14.7 Å². The van der Waals surface area contributed by atoms with Crippen LogP contribution in [0.5, 0.6) is 0 Å². The van der Waals surface area contributed by atoms with E-state index < -0.39 is 12.1 Å². The van der Waals surface area contributed by atoms with E-state index in [1.165, 1.54) is 15.4 Å². The van der Waals surface area contributed by atoms with Crippen molar-refractivity contribution in [3.05, 3.63) is 66.2 Å². The number of para-hydroxylation sites is 1. The Kier molecular flexibility index (Phi) is 6.84. The summed E-state index contributed by atoms with van der Waals surface area (Å²) in [5.74, 6) is -0.170. The summed E-state index contributed by atoms with van der Waals surface area (Å²) in [5.41, 5.74) is 2.00. The summed E-state index contributed by atoms with van der Waals surface area (Å²) in [5, 5.41) is 16.1. The van der Waals surface area contributed by atoms with Gasteiger partial charge < -0.3 is 25.5 Å². The largest absolute Gasteiger partial charge is 0.391 e. The number of nitrogens with one attached hydrogen (secondary N) is 3. The lowest BCUT2D eigenvalue weighted by Gasteiger charge is -2.31. The monoisotopic (exact) mass is 423 g/mol. The molecular weight excluding hydrogens is 392 g/mol. The van der Waals surface area contributed by atoms with Crippen LogP contribution in [0, 0.1) is 0 Å². The number of β-amino-alcohol motifs (C(OH)–C–C–N with tert-alkyl or cyclic N) is 1. The van der Waals surface area contributed by atoms with Crippen molar-refractivity contribution < 1.29 is 19.6 Å². The number of hydrogen-bond acceptors (Lipinski definition) is 3. The molecule has 4 N–H and O–H groups in total. The average molecular weight is 424 g/mol. The van der Waals surface area contributed by atoms with Crippen LogP contribution in [0.25, 0.3) is 0 Å². The zero-order valence-electron chi connectivity index (χ0n) is 17.7. The molecule has 7 nitrogen and oxygen atoms in total. The van der Waals surface area contributed by atoms with Crippen LogP contribution in [0.15, 0.2) is 60.7 Å². The highest BCUT2D eigenvalue weighted by Gasteiger charge is 2.40. The number of anilines is 1. The maximum Gasteiger partial charge on any atom is 0.322 e. The highest BCUT2D eigenvalue weighted by Crippen LogP contribution is 2.20. The van der Waals surface area contributed by atoms with Crippen LogP contribution in [0.1, 0.15) is 24.8 Å². The quantitative estimate of drug-likeness (QED) is 0.579. The Morgan fingerprint density at radius 1 is 1.00 bits per heavy atom. The topological polar surface area (TPSA) is 86.1 Å². The number of aliphatic hydroxyl groups excluding tert-OH is 1. The summed E-state index contributed by atoms with van der Waals surface area (Å²) in [7, 11) is 0. The Morgan fingerprint density at radius 3 is 2.32 bits per heavy atom. The number of nitrogens with zero attached hydrogens (tertiary/aromatic N) is 1. The molecule has 2 fully saturated rings. The Bertz CT molecular complexity index is 869. The molecule has 0 bridgehead atoms. The summed E-state index contributed by atoms with van der Waals surface area (Å²) in [6.45, 7) is 3.18. The minimum Gasteiger partial charge on any atom is -0.391 e. The van der Waals surface area contributed by atoms with Gasteiger partial charge in [0.25, 0.3) is 0 Å². The van der Waals surface area contributed by atoms with Gasteiger partial charge >= 0.3 is 6.03 Å². The van der Waals surface area contributed by atoms with Crippen LogP contribution < -0.4 is 15.5 Å². The van der Waals surface area contributed by atoms with Crippen molar-refractivity contribution in [3.63, 3.8) is 0 Å². The predicted octanol–water partition coefficient (Wildman–Crippen LogP) is 1.02. The maximum absolute atomic E-state index is 12.9. The molecule has 2 aliphatic rings. The molecule has 2 heterocycles. The van der Waals surface area contributed by atoms with Crippen molar-refractivity contribution in [2.45, 2.75) is 44.0 Å². The fourth-order valence-corrected chi connectivity index (χ4v) is 4.53. The fraction of sp³-hybridized carbons (Fsp3) is 0.417. The Hall–Kier alpha value is -2.90. The number of quaternary nitrogens is 1. The molecule has 2 saturated heterocycles. The number of likely N-dealkylation sites (tertiary alicyclic amines) is 2. The molecule has 0 radical (unpaired) electrons. The maximum atomic E-state index is 12.9. The van der Waals surface area contributed by atoms with E-state index in [1.54, 1.807) is 12.1 Å². The van der Waals surface area contributed by atoms with Gasteiger partial charge in [-0.1, -0.05) is 48.5 Å². The van der Waals surface area contributed by atoms with Gasteiger partial charge in [-0.25, -0.2) is 4.79 Å². The summed E-state index contributed by atoms with van der Waals surface area (Å²) in [6, 6.07) is 18.7. The van der Waals surface area contributed by atoms with E-state index in [2.05, 4.69) is 34.9 Å². The van der Waals surface area contributed by atoms with Crippen molar-refractivity contribution in [1.82, 2.24) is 10.2 Å². The van der Waals surface area contributed by atoms with E-state index in [-0.39, 0.29) is 30.9 Å². The van der Waals surface area contributed by atoms with Crippen LogP contribution >= 0.6 is 0 Å². The van der Waals surface area contributed by atoms with Crippen LogP contribution in [0.3, 0.4) is 0 Å². The first kappa shape index (κ1) is 21.3. The molecule has 2 aliphatic heterocycles. The van der Waals surface area contributed by atoms with Crippen molar-refractivity contribution in [1.29, 1.82) is 0 Å². The van der Waals surface area contributed by atoms with Crippen molar-refractivity contribution >= 4 is 17.6 Å². The van der Waals surface area contributed by atoms with Crippen LogP contribution in [0.4, 0.5) is 10.5 Å². The van der Waals surface area contributed by atoms with Gasteiger partial charge in [-0.15, -0.1) is 0 Å². The first-order chi connectivity index (χ1) is 15.1. The van der Waals surface area contributed by atoms with Crippen molar-refractivity contribution in [2.24, 2.45) is 0 Å². The first-order valence-corrected chi connectivity index (χ1v) is 11.1. The summed E-state index contributed by atoms with van der Waals surface area (Å²) in [6.07, 6.45) is 1.42. The summed E-state index contributed by atoms with van der Waals surface area (Å²) < 4.78 is 0. The number of hydrogen-bond donors (Lipinski definition) is 4. The molecule has 7 heteroatoms. The number of amides is 3. The van der Waals surface area contributed by atoms with E-state index >= 15 is 0 Å². The van der Waals surface area contributed by atoms with E-state index in [4.69, 9.17) is 0 Å². The van der Waals surface area contributed by atoms with Gasteiger partial charge in [0.15, 0.2) is 0 Å². The average Bonchev–Trinajstić information content (AvgIpc) is 3.19. The molecule has 164 valence electrons. The van der Waals surface area contributed by atoms with E-state index in [1.807, 2.05) is 24.3 Å². The standard InChI is InChI=1S/C24H30N4O3/c29-21-15-22(28(17-21)24(31)26-19-9-5-2-6-10-19)23(30)25-20-11-13-27(14-12-20)16-18-7-3-1-4-8-18/h1-10,20-22,29H,11-17H2,(H,25,30)(H,26,31)/p+1/t21-,22+/m0/s1. The molecule has 2 aromatic carbocycles. The predicted molar refractivity (Wildman–Crippen MR) is 119 cm³/mol. The summed E-state index contributed by atoms with van der Waals surface area (Å²) in [4.78, 5) is 28.6. The van der Waals surface area contributed by atoms with Gasteiger partial charge in [0.05, 0.1) is 19.2 Å². The Morgan fingerprint density at radius 2 is 1.65 bits per heavy atom. The lowest BCUT2D eigenvalue weighted by Crippen LogP contribution is -3.12. The zero-order chi connectivity index (χ0) is 21.6. The van der Waals surface area contributed by atoms with Crippen LogP contribution in [0.2, 0.25) is 0 Å². The van der Waals surface area contributed by atoms with Crippen LogP contribution in [-0.2, 0) is 11.3 Å². The van der Waals surface area contributed by atoms with Gasteiger partial charge in [-0.05, 0) is 12.1 Å². The number of benzene rings is 2. The molecule has 2 aromatic rings. The fourth-order valence-electron chi connectivity index (χ4n) is 4.53. The molecule has 4 rings (SSSR count). The Labute approximate surface area is 183 Å². The molecule has 3 amide bonds. The molecule has 2 atom stereocenters. The lowest BCUT2D eigenvalue weighted by molar-refractivity contribution is -0.918. The van der Waals surface area contributed by atoms with Gasteiger partial charge in [0.2, 0.25) is 5.91 Å². The third kappa shape index (κ3) is 5.62. The SMILES string of the molecule is O=C(NC1CC[NH+](Cc2ccccc2)CC1)[C@H]1C[C@H](O)CN1C(=O)Nc1ccccc1. The number of carbonyl (C=O) groups is 2. The third-order valence-corrected chi connectivity index (χ3v) is 6.20. The zero-order valence-corrected chi connectivity index (χ0v) is 17.7. The van der Waals surface area contributed by atoms with Gasteiger partial charge in [0.1, 0.15) is 12.6 Å². The number of urea groups is 1. The second-order valence-corrected chi connectivity index (χ2v) is 8.55. The molecule has 0 aliphatic carbocycles. The first-order valence-electron chi connectivity index (χ1n) is 11.1. The van der Waals surface area contributed by atoms with Crippen LogP contribution in [-0.4, -0.2) is 59.8 Å². The van der Waals surface area contributed by atoms with E-state index in [0.717, 1.165) is 32.5 Å². The number of carbonyl (C=O) groups excluding carboxylic acids is 2.